The van der Waals surface area contributed by atoms with Crippen LogP contribution in [-0.4, -0.2) is 25.1 Å². The average Bonchev–Trinajstić information content (AvgIpc) is 2.40. The number of rotatable bonds is 6. The molecule has 0 aliphatic heterocycles. The molecule has 0 amide bonds. The van der Waals surface area contributed by atoms with Crippen molar-refractivity contribution in [3.05, 3.63) is 35.9 Å². The maximum absolute atomic E-state index is 12.2. The van der Waals surface area contributed by atoms with Crippen molar-refractivity contribution in [2.75, 3.05) is 7.11 Å². The first-order valence-corrected chi connectivity index (χ1v) is 5.72. The summed E-state index contributed by atoms with van der Waals surface area (Å²) in [6.07, 6.45) is 0.858. The topological polar surface area (TPSA) is 60.4 Å². The molecule has 0 fully saturated rings. The summed E-state index contributed by atoms with van der Waals surface area (Å²) in [5, 5.41) is 0. The molecule has 0 radical (unpaired) electrons. The van der Waals surface area contributed by atoms with Crippen molar-refractivity contribution in [2.24, 2.45) is 11.8 Å². The minimum Gasteiger partial charge on any atom is -0.468 e. The van der Waals surface area contributed by atoms with Gasteiger partial charge in [-0.1, -0.05) is 37.3 Å². The van der Waals surface area contributed by atoms with E-state index < -0.39 is 11.9 Å². The van der Waals surface area contributed by atoms with Gasteiger partial charge in [-0.3, -0.25) is 9.59 Å². The van der Waals surface area contributed by atoms with Crippen LogP contribution >= 0.6 is 0 Å². The standard InChI is InChI=1S/C14H16O4/c1-10(8-9-15)12(14(17)18-2)13(16)11-6-4-3-5-7-11/h3-7,9-10,12H,8H2,1-2H3. The normalized spacial score (nSPS) is 13.4. The summed E-state index contributed by atoms with van der Waals surface area (Å²) in [5.74, 6) is -2.21. The third-order valence-electron chi connectivity index (χ3n) is 2.83. The Bertz CT molecular complexity index is 425. The lowest BCUT2D eigenvalue weighted by Crippen LogP contribution is -2.31. The minimum atomic E-state index is -0.928. The second-order valence-electron chi connectivity index (χ2n) is 4.11. The van der Waals surface area contributed by atoms with Crippen LogP contribution in [0.4, 0.5) is 0 Å². The highest BCUT2D eigenvalue weighted by Gasteiger charge is 2.33. The monoisotopic (exact) mass is 248 g/mol. The van der Waals surface area contributed by atoms with Crippen LogP contribution in [-0.2, 0) is 14.3 Å². The van der Waals surface area contributed by atoms with E-state index in [4.69, 9.17) is 0 Å². The maximum Gasteiger partial charge on any atom is 0.316 e. The number of ketones is 1. The van der Waals surface area contributed by atoms with Gasteiger partial charge >= 0.3 is 5.97 Å². The number of carbonyl (C=O) groups excluding carboxylic acids is 3. The lowest BCUT2D eigenvalue weighted by molar-refractivity contribution is -0.145. The molecule has 0 saturated carbocycles. The molecule has 0 bridgehead atoms. The second-order valence-corrected chi connectivity index (χ2v) is 4.11. The van der Waals surface area contributed by atoms with E-state index in [0.717, 1.165) is 0 Å². The Kier molecular flexibility index (Phi) is 5.24. The van der Waals surface area contributed by atoms with Crippen LogP contribution in [0.2, 0.25) is 0 Å². The van der Waals surface area contributed by atoms with Gasteiger partial charge in [-0.25, -0.2) is 0 Å². The van der Waals surface area contributed by atoms with E-state index in [1.165, 1.54) is 7.11 Å². The summed E-state index contributed by atoms with van der Waals surface area (Å²) >= 11 is 0. The molecule has 0 saturated heterocycles. The average molecular weight is 248 g/mol. The highest BCUT2D eigenvalue weighted by molar-refractivity contribution is 6.08. The van der Waals surface area contributed by atoms with Gasteiger partial charge in [0.25, 0.3) is 0 Å². The van der Waals surface area contributed by atoms with E-state index in [0.29, 0.717) is 11.8 Å². The van der Waals surface area contributed by atoms with Gasteiger partial charge in [-0.2, -0.15) is 0 Å². The summed E-state index contributed by atoms with van der Waals surface area (Å²) in [5.41, 5.74) is 0.450. The quantitative estimate of drug-likeness (QED) is 0.334. The van der Waals surface area contributed by atoms with Gasteiger partial charge < -0.3 is 9.53 Å². The summed E-state index contributed by atoms with van der Waals surface area (Å²) < 4.78 is 4.65. The first kappa shape index (κ1) is 14.1. The van der Waals surface area contributed by atoms with Crippen LogP contribution in [0.3, 0.4) is 0 Å². The molecule has 2 atom stereocenters. The molecular weight excluding hydrogens is 232 g/mol. The predicted molar refractivity (Wildman–Crippen MR) is 66.1 cm³/mol. The third-order valence-corrected chi connectivity index (χ3v) is 2.83. The van der Waals surface area contributed by atoms with Crippen LogP contribution in [0.25, 0.3) is 0 Å². The van der Waals surface area contributed by atoms with Gasteiger partial charge in [0.15, 0.2) is 5.78 Å². The molecular formula is C14H16O4. The number of aldehydes is 1. The Hall–Kier alpha value is -1.97. The van der Waals surface area contributed by atoms with Gasteiger partial charge in [-0.15, -0.1) is 0 Å². The van der Waals surface area contributed by atoms with Crippen molar-refractivity contribution in [1.82, 2.24) is 0 Å². The lowest BCUT2D eigenvalue weighted by atomic mass is 9.85. The van der Waals surface area contributed by atoms with E-state index in [9.17, 15) is 14.4 Å². The number of ether oxygens (including phenoxy) is 1. The Morgan fingerprint density at radius 1 is 1.28 bits per heavy atom. The molecule has 1 aromatic rings. The van der Waals surface area contributed by atoms with E-state index >= 15 is 0 Å². The molecule has 1 rings (SSSR count). The fourth-order valence-electron chi connectivity index (χ4n) is 1.79. The van der Waals surface area contributed by atoms with Crippen molar-refractivity contribution >= 4 is 18.0 Å². The van der Waals surface area contributed by atoms with Crippen LogP contribution in [0.1, 0.15) is 23.7 Å². The molecule has 0 aliphatic carbocycles. The fourth-order valence-corrected chi connectivity index (χ4v) is 1.79. The molecule has 1 aromatic carbocycles. The van der Waals surface area contributed by atoms with Crippen LogP contribution in [0, 0.1) is 11.8 Å². The molecule has 18 heavy (non-hydrogen) atoms. The molecule has 0 spiro atoms. The highest BCUT2D eigenvalue weighted by atomic mass is 16.5. The maximum atomic E-state index is 12.2. The van der Waals surface area contributed by atoms with E-state index in [2.05, 4.69) is 4.74 Å². The second kappa shape index (κ2) is 6.69. The zero-order valence-corrected chi connectivity index (χ0v) is 10.5. The number of benzene rings is 1. The van der Waals surface area contributed by atoms with Crippen LogP contribution < -0.4 is 0 Å². The van der Waals surface area contributed by atoms with E-state index in [1.807, 2.05) is 0 Å². The largest absolute Gasteiger partial charge is 0.468 e. The van der Waals surface area contributed by atoms with E-state index in [-0.39, 0.29) is 18.1 Å². The summed E-state index contributed by atoms with van der Waals surface area (Å²) in [4.78, 5) is 34.5. The molecule has 0 aromatic heterocycles. The first-order chi connectivity index (χ1) is 8.61. The van der Waals surface area contributed by atoms with Gasteiger partial charge in [0.05, 0.1) is 7.11 Å². The zero-order chi connectivity index (χ0) is 13.5. The SMILES string of the molecule is COC(=O)C(C(=O)c1ccccc1)C(C)CC=O. The van der Waals surface area contributed by atoms with Gasteiger partial charge in [0.1, 0.15) is 12.2 Å². The number of hydrogen-bond acceptors (Lipinski definition) is 4. The summed E-state index contributed by atoms with van der Waals surface area (Å²) in [7, 11) is 1.24. The molecule has 96 valence electrons. The predicted octanol–water partition coefficient (Wildman–Crippen LogP) is 1.88. The highest BCUT2D eigenvalue weighted by Crippen LogP contribution is 2.21. The van der Waals surface area contributed by atoms with Crippen LogP contribution in [0.5, 0.6) is 0 Å². The Morgan fingerprint density at radius 2 is 1.89 bits per heavy atom. The molecule has 0 N–H and O–H groups in total. The van der Waals surface area contributed by atoms with Gasteiger partial charge in [0, 0.05) is 12.0 Å². The number of esters is 1. The summed E-state index contributed by atoms with van der Waals surface area (Å²) in [6, 6.07) is 8.54. The number of Topliss-reactive ketones (excluding diaryl/α,β-unsaturated/α-hetero) is 1. The van der Waals surface area contributed by atoms with Crippen molar-refractivity contribution in [1.29, 1.82) is 0 Å². The molecule has 0 aliphatic rings. The molecule has 4 nitrogen and oxygen atoms in total. The fraction of sp³-hybridized carbons (Fsp3) is 0.357. The molecule has 0 heterocycles. The molecule has 4 heteroatoms. The van der Waals surface area contributed by atoms with Crippen molar-refractivity contribution in [3.63, 3.8) is 0 Å². The van der Waals surface area contributed by atoms with Crippen molar-refractivity contribution < 1.29 is 19.1 Å². The minimum absolute atomic E-state index is 0.151. The van der Waals surface area contributed by atoms with Crippen molar-refractivity contribution in [3.8, 4) is 0 Å². The first-order valence-electron chi connectivity index (χ1n) is 5.72. The summed E-state index contributed by atoms with van der Waals surface area (Å²) in [6.45, 7) is 1.69. The van der Waals surface area contributed by atoms with Crippen LogP contribution in [0.15, 0.2) is 30.3 Å². The Labute approximate surface area is 106 Å². The Morgan fingerprint density at radius 3 is 2.39 bits per heavy atom. The smallest absolute Gasteiger partial charge is 0.316 e. The number of hydrogen-bond donors (Lipinski definition) is 0. The number of carbonyl (C=O) groups is 3. The van der Waals surface area contributed by atoms with Crippen molar-refractivity contribution in [2.45, 2.75) is 13.3 Å². The third kappa shape index (κ3) is 3.26. The van der Waals surface area contributed by atoms with Gasteiger partial charge in [0.2, 0.25) is 0 Å². The number of methoxy groups -OCH3 is 1. The zero-order valence-electron chi connectivity index (χ0n) is 10.5. The Balaban J connectivity index is 3.00. The van der Waals surface area contributed by atoms with Gasteiger partial charge in [-0.05, 0) is 5.92 Å². The molecule has 2 unspecified atom stereocenters. The van der Waals surface area contributed by atoms with E-state index in [1.54, 1.807) is 37.3 Å². The lowest BCUT2D eigenvalue weighted by Gasteiger charge is -2.18.